The van der Waals surface area contributed by atoms with Gasteiger partial charge in [-0.3, -0.25) is 4.79 Å². The lowest BCUT2D eigenvalue weighted by atomic mass is 10.3. The van der Waals surface area contributed by atoms with Crippen molar-refractivity contribution in [2.45, 2.75) is 0 Å². The molecule has 0 radical (unpaired) electrons. The number of hydrogen-bond acceptors (Lipinski definition) is 4. The molecular formula is C22H21FN2O3. The second-order valence-electron chi connectivity index (χ2n) is 5.94. The van der Waals surface area contributed by atoms with E-state index >= 15 is 0 Å². The molecule has 0 saturated carbocycles. The molecule has 144 valence electrons. The lowest BCUT2D eigenvalue weighted by molar-refractivity contribution is -0.114. The van der Waals surface area contributed by atoms with Gasteiger partial charge in [-0.2, -0.15) is 0 Å². The molecule has 0 atom stereocenters. The number of ether oxygens (including phenoxy) is 2. The molecular weight excluding hydrogens is 359 g/mol. The van der Waals surface area contributed by atoms with Crippen LogP contribution in [0.5, 0.6) is 11.5 Å². The van der Waals surface area contributed by atoms with E-state index in [-0.39, 0.29) is 18.3 Å². The molecule has 0 aliphatic rings. The minimum Gasteiger partial charge on any atom is -0.490 e. The first-order valence-corrected chi connectivity index (χ1v) is 8.89. The largest absolute Gasteiger partial charge is 0.490 e. The highest BCUT2D eigenvalue weighted by Crippen LogP contribution is 2.16. The topological polar surface area (TPSA) is 59.6 Å². The van der Waals surface area contributed by atoms with Gasteiger partial charge in [0.15, 0.2) is 0 Å². The first-order valence-electron chi connectivity index (χ1n) is 8.89. The van der Waals surface area contributed by atoms with Crippen LogP contribution >= 0.6 is 0 Å². The maximum atomic E-state index is 12.9. The molecule has 0 heterocycles. The summed E-state index contributed by atoms with van der Waals surface area (Å²) < 4.78 is 24.1. The predicted molar refractivity (Wildman–Crippen MR) is 107 cm³/mol. The lowest BCUT2D eigenvalue weighted by Crippen LogP contribution is -2.21. The van der Waals surface area contributed by atoms with Gasteiger partial charge < -0.3 is 20.1 Å². The van der Waals surface area contributed by atoms with Gasteiger partial charge in [0.25, 0.3) is 0 Å². The summed E-state index contributed by atoms with van der Waals surface area (Å²) in [6, 6.07) is 22.5. The molecule has 5 nitrogen and oxygen atoms in total. The van der Waals surface area contributed by atoms with Gasteiger partial charge in [0.1, 0.15) is 30.5 Å². The molecule has 0 aliphatic heterocycles. The van der Waals surface area contributed by atoms with Gasteiger partial charge in [-0.25, -0.2) is 4.39 Å². The quantitative estimate of drug-likeness (QED) is 0.543. The monoisotopic (exact) mass is 380 g/mol. The SMILES string of the molecule is O=C(CNc1ccc(OCCOc2ccccc2)cc1)Nc1ccc(F)cc1. The Morgan fingerprint density at radius 3 is 1.96 bits per heavy atom. The van der Waals surface area contributed by atoms with Crippen molar-refractivity contribution in [2.75, 3.05) is 30.4 Å². The van der Waals surface area contributed by atoms with Crippen molar-refractivity contribution >= 4 is 17.3 Å². The summed E-state index contributed by atoms with van der Waals surface area (Å²) >= 11 is 0. The highest BCUT2D eigenvalue weighted by molar-refractivity contribution is 5.93. The van der Waals surface area contributed by atoms with Gasteiger partial charge in [0.05, 0.1) is 6.54 Å². The number of halogens is 1. The zero-order valence-corrected chi connectivity index (χ0v) is 15.2. The van der Waals surface area contributed by atoms with Crippen LogP contribution in [0.3, 0.4) is 0 Å². The van der Waals surface area contributed by atoms with Crippen LogP contribution in [0.2, 0.25) is 0 Å². The van der Waals surface area contributed by atoms with E-state index in [1.165, 1.54) is 24.3 Å². The van der Waals surface area contributed by atoms with E-state index in [9.17, 15) is 9.18 Å². The van der Waals surface area contributed by atoms with Crippen LogP contribution < -0.4 is 20.1 Å². The zero-order chi connectivity index (χ0) is 19.6. The summed E-state index contributed by atoms with van der Waals surface area (Å²) in [5, 5.41) is 5.72. The van der Waals surface area contributed by atoms with E-state index in [2.05, 4.69) is 10.6 Å². The Morgan fingerprint density at radius 1 is 0.750 bits per heavy atom. The number of para-hydroxylation sites is 1. The van der Waals surface area contributed by atoms with Crippen molar-refractivity contribution in [3.8, 4) is 11.5 Å². The molecule has 3 rings (SSSR count). The Hall–Kier alpha value is -3.54. The Kier molecular flexibility index (Phi) is 6.84. The van der Waals surface area contributed by atoms with Gasteiger partial charge in [0.2, 0.25) is 5.91 Å². The van der Waals surface area contributed by atoms with Crippen LogP contribution in [0.25, 0.3) is 0 Å². The van der Waals surface area contributed by atoms with Crippen LogP contribution in [-0.4, -0.2) is 25.7 Å². The number of benzene rings is 3. The van der Waals surface area contributed by atoms with E-state index in [4.69, 9.17) is 9.47 Å². The molecule has 0 aliphatic carbocycles. The van der Waals surface area contributed by atoms with Crippen molar-refractivity contribution in [3.63, 3.8) is 0 Å². The van der Waals surface area contributed by atoms with Crippen molar-refractivity contribution in [1.29, 1.82) is 0 Å². The maximum absolute atomic E-state index is 12.9. The first kappa shape index (κ1) is 19.2. The van der Waals surface area contributed by atoms with E-state index < -0.39 is 0 Å². The summed E-state index contributed by atoms with van der Waals surface area (Å²) in [5.74, 6) is 0.970. The predicted octanol–water partition coefficient (Wildman–Crippen LogP) is 4.33. The number of amides is 1. The van der Waals surface area contributed by atoms with Crippen molar-refractivity contribution in [3.05, 3.63) is 84.7 Å². The summed E-state index contributed by atoms with van der Waals surface area (Å²) in [4.78, 5) is 11.9. The number of carbonyl (C=O) groups is 1. The van der Waals surface area contributed by atoms with Crippen LogP contribution in [0.1, 0.15) is 0 Å². The van der Waals surface area contributed by atoms with Gasteiger partial charge in [-0.15, -0.1) is 0 Å². The fourth-order valence-electron chi connectivity index (χ4n) is 2.43. The molecule has 3 aromatic carbocycles. The average Bonchev–Trinajstić information content (AvgIpc) is 2.73. The van der Waals surface area contributed by atoms with Crippen LogP contribution in [0.15, 0.2) is 78.9 Å². The van der Waals surface area contributed by atoms with E-state index in [1.54, 1.807) is 0 Å². The van der Waals surface area contributed by atoms with Crippen LogP contribution in [-0.2, 0) is 4.79 Å². The highest BCUT2D eigenvalue weighted by Gasteiger charge is 2.03. The third kappa shape index (κ3) is 6.32. The number of hydrogen-bond donors (Lipinski definition) is 2. The number of rotatable bonds is 9. The smallest absolute Gasteiger partial charge is 0.243 e. The Morgan fingerprint density at radius 2 is 1.32 bits per heavy atom. The minimum absolute atomic E-state index is 0.0997. The Balaban J connectivity index is 1.36. The molecule has 0 bridgehead atoms. The molecule has 2 N–H and O–H groups in total. The fraction of sp³-hybridized carbons (Fsp3) is 0.136. The maximum Gasteiger partial charge on any atom is 0.243 e. The molecule has 3 aromatic rings. The summed E-state index contributed by atoms with van der Waals surface area (Å²) in [5.41, 5.74) is 1.34. The third-order valence-corrected chi connectivity index (χ3v) is 3.80. The van der Waals surface area contributed by atoms with Gasteiger partial charge in [0, 0.05) is 11.4 Å². The second-order valence-corrected chi connectivity index (χ2v) is 5.94. The van der Waals surface area contributed by atoms with Crippen molar-refractivity contribution in [2.24, 2.45) is 0 Å². The van der Waals surface area contributed by atoms with E-state index in [1.807, 2.05) is 54.6 Å². The second kappa shape index (κ2) is 9.97. The molecule has 0 unspecified atom stereocenters. The van der Waals surface area contributed by atoms with Crippen LogP contribution in [0, 0.1) is 5.82 Å². The Bertz CT molecular complexity index is 869. The van der Waals surface area contributed by atoms with Crippen molar-refractivity contribution in [1.82, 2.24) is 0 Å². The van der Waals surface area contributed by atoms with Crippen molar-refractivity contribution < 1.29 is 18.7 Å². The fourth-order valence-corrected chi connectivity index (χ4v) is 2.43. The summed E-state index contributed by atoms with van der Waals surface area (Å²) in [7, 11) is 0. The van der Waals surface area contributed by atoms with Gasteiger partial charge in [-0.05, 0) is 60.7 Å². The molecule has 1 amide bonds. The summed E-state index contributed by atoms with van der Waals surface area (Å²) in [6.45, 7) is 0.984. The highest BCUT2D eigenvalue weighted by atomic mass is 19.1. The molecule has 0 spiro atoms. The normalized spacial score (nSPS) is 10.2. The zero-order valence-electron chi connectivity index (χ0n) is 15.2. The minimum atomic E-state index is -0.343. The van der Waals surface area contributed by atoms with Crippen LogP contribution in [0.4, 0.5) is 15.8 Å². The molecule has 6 heteroatoms. The number of carbonyl (C=O) groups excluding carboxylic acids is 1. The molecule has 0 fully saturated rings. The number of anilines is 2. The Labute approximate surface area is 163 Å². The van der Waals surface area contributed by atoms with E-state index in [0.29, 0.717) is 18.9 Å². The third-order valence-electron chi connectivity index (χ3n) is 3.80. The lowest BCUT2D eigenvalue weighted by Gasteiger charge is -2.10. The molecule has 0 saturated heterocycles. The standard InChI is InChI=1S/C22H21FN2O3/c23-17-6-8-19(9-7-17)25-22(26)16-24-18-10-12-21(13-11-18)28-15-14-27-20-4-2-1-3-5-20/h1-13,24H,14-16H2,(H,25,26). The number of nitrogens with one attached hydrogen (secondary N) is 2. The molecule has 0 aromatic heterocycles. The van der Waals surface area contributed by atoms with Gasteiger partial charge in [-0.1, -0.05) is 18.2 Å². The molecule has 28 heavy (non-hydrogen) atoms. The van der Waals surface area contributed by atoms with E-state index in [0.717, 1.165) is 17.2 Å². The summed E-state index contributed by atoms with van der Waals surface area (Å²) in [6.07, 6.45) is 0. The first-order chi connectivity index (χ1) is 13.7. The average molecular weight is 380 g/mol. The van der Waals surface area contributed by atoms with Gasteiger partial charge >= 0.3 is 0 Å².